The highest BCUT2D eigenvalue weighted by atomic mass is 35.5. The van der Waals surface area contributed by atoms with Crippen LogP contribution in [0.15, 0.2) is 36.5 Å². The first-order valence-corrected chi connectivity index (χ1v) is 10.2. The molecule has 2 aromatic rings. The maximum absolute atomic E-state index is 13.4. The number of rotatable bonds is 3. The molecule has 3 atom stereocenters. The van der Waals surface area contributed by atoms with E-state index in [0.29, 0.717) is 22.5 Å². The Morgan fingerprint density at radius 3 is 2.28 bits per heavy atom. The molecule has 0 spiro atoms. The van der Waals surface area contributed by atoms with Crippen LogP contribution in [0, 0.1) is 17.8 Å². The largest absolute Gasteiger partial charge is 0.433 e. The summed E-state index contributed by atoms with van der Waals surface area (Å²) >= 11 is 12.1. The monoisotopic (exact) mass is 444 g/mol. The summed E-state index contributed by atoms with van der Waals surface area (Å²) in [7, 11) is 0. The van der Waals surface area contributed by atoms with Crippen LogP contribution in [0.5, 0.6) is 0 Å². The van der Waals surface area contributed by atoms with Gasteiger partial charge in [-0.25, -0.2) is 4.98 Å². The minimum Gasteiger partial charge on any atom is -0.279 e. The fourth-order valence-electron chi connectivity index (χ4n) is 3.67. The van der Waals surface area contributed by atoms with E-state index in [1.54, 1.807) is 12.1 Å². The number of aromatic nitrogens is 1. The quantitative estimate of drug-likeness (QED) is 0.503. The molecule has 0 aliphatic heterocycles. The highest BCUT2D eigenvalue weighted by molar-refractivity contribution is 6.42. The molecule has 1 saturated carbocycles. The Balaban J connectivity index is 2.00. The maximum Gasteiger partial charge on any atom is 0.433 e. The van der Waals surface area contributed by atoms with Crippen LogP contribution in [-0.2, 0) is 11.0 Å². The summed E-state index contributed by atoms with van der Waals surface area (Å²) in [4.78, 5) is 18.3. The molecule has 1 aliphatic carbocycles. The first-order valence-electron chi connectivity index (χ1n) is 9.40. The van der Waals surface area contributed by atoms with Crippen molar-refractivity contribution in [1.82, 2.24) is 4.98 Å². The second-order valence-electron chi connectivity index (χ2n) is 7.64. The van der Waals surface area contributed by atoms with Crippen molar-refractivity contribution in [3.63, 3.8) is 0 Å². The van der Waals surface area contributed by atoms with Gasteiger partial charge in [0.2, 0.25) is 5.91 Å². The third kappa shape index (κ3) is 4.86. The van der Waals surface area contributed by atoms with Crippen LogP contribution in [0.1, 0.15) is 38.8 Å². The Kier molecular flexibility index (Phi) is 6.44. The van der Waals surface area contributed by atoms with Crippen molar-refractivity contribution < 1.29 is 18.0 Å². The number of benzene rings is 1. The molecule has 0 N–H and O–H groups in total. The van der Waals surface area contributed by atoms with E-state index < -0.39 is 11.9 Å². The van der Waals surface area contributed by atoms with Crippen LogP contribution in [0.4, 0.5) is 24.5 Å². The van der Waals surface area contributed by atoms with Gasteiger partial charge in [0.25, 0.3) is 0 Å². The van der Waals surface area contributed by atoms with Crippen LogP contribution in [0.2, 0.25) is 10.0 Å². The Labute approximate surface area is 177 Å². The molecular weight excluding hydrogens is 424 g/mol. The minimum absolute atomic E-state index is 0.177. The van der Waals surface area contributed by atoms with Crippen LogP contribution in [-0.4, -0.2) is 10.9 Å². The first-order chi connectivity index (χ1) is 13.6. The second kappa shape index (κ2) is 8.52. The third-order valence-electron chi connectivity index (χ3n) is 5.63. The number of halogens is 5. The highest BCUT2D eigenvalue weighted by Gasteiger charge is 2.35. The first kappa shape index (κ1) is 21.9. The van der Waals surface area contributed by atoms with Crippen molar-refractivity contribution >= 4 is 40.5 Å². The molecule has 2 unspecified atom stereocenters. The van der Waals surface area contributed by atoms with E-state index in [0.717, 1.165) is 31.5 Å². The smallest absolute Gasteiger partial charge is 0.279 e. The molecule has 1 heterocycles. The van der Waals surface area contributed by atoms with Crippen molar-refractivity contribution in [3.05, 3.63) is 52.3 Å². The van der Waals surface area contributed by atoms with E-state index in [2.05, 4.69) is 18.8 Å². The summed E-state index contributed by atoms with van der Waals surface area (Å²) in [6, 6.07) is 6.85. The number of pyridine rings is 1. The Morgan fingerprint density at radius 2 is 1.72 bits per heavy atom. The van der Waals surface area contributed by atoms with Gasteiger partial charge >= 0.3 is 6.18 Å². The lowest BCUT2D eigenvalue weighted by Crippen LogP contribution is -2.36. The molecule has 3 rings (SSSR count). The van der Waals surface area contributed by atoms with Gasteiger partial charge in [-0.3, -0.25) is 9.69 Å². The van der Waals surface area contributed by atoms with Gasteiger partial charge in [0.1, 0.15) is 5.69 Å². The summed E-state index contributed by atoms with van der Waals surface area (Å²) in [5.74, 6) is 0.519. The predicted molar refractivity (Wildman–Crippen MR) is 109 cm³/mol. The molecule has 1 aliphatic rings. The summed E-state index contributed by atoms with van der Waals surface area (Å²) in [5.41, 5.74) is -0.312. The number of nitrogens with zero attached hydrogens (tertiary/aromatic N) is 2. The van der Waals surface area contributed by atoms with Gasteiger partial charge in [-0.2, -0.15) is 13.2 Å². The summed E-state index contributed by atoms with van der Waals surface area (Å²) < 4.78 is 38.7. The zero-order valence-corrected chi connectivity index (χ0v) is 17.5. The number of anilines is 2. The normalized spacial score (nSPS) is 22.4. The molecule has 1 fully saturated rings. The van der Waals surface area contributed by atoms with Crippen LogP contribution >= 0.6 is 23.2 Å². The standard InChI is InChI=1S/C21H21Cl2F3N2O/c1-12-3-4-14(9-13(12)2)20(29)28(15-5-7-17(22)18(23)10-15)16-6-8-19(27-11-16)21(24,25)26/h5-8,10-14H,3-4,9H2,1-2H3/t12?,13?,14-/m0/s1. The maximum atomic E-state index is 13.4. The SMILES string of the molecule is CC1CC[C@H](C(=O)N(c2ccc(C(F)(F)F)nc2)c2ccc(Cl)c(Cl)c2)CC1C. The molecule has 29 heavy (non-hydrogen) atoms. The van der Waals surface area contributed by atoms with Crippen LogP contribution in [0.25, 0.3) is 0 Å². The number of carbonyl (C=O) groups is 1. The molecule has 1 aromatic heterocycles. The lowest BCUT2D eigenvalue weighted by Gasteiger charge is -2.34. The van der Waals surface area contributed by atoms with Gasteiger partial charge in [0.15, 0.2) is 0 Å². The van der Waals surface area contributed by atoms with Crippen molar-refractivity contribution in [2.45, 2.75) is 39.3 Å². The Hall–Kier alpha value is -1.79. The van der Waals surface area contributed by atoms with E-state index in [4.69, 9.17) is 23.2 Å². The fraction of sp³-hybridized carbons (Fsp3) is 0.429. The van der Waals surface area contributed by atoms with E-state index in [1.165, 1.54) is 17.0 Å². The molecule has 1 aromatic carbocycles. The lowest BCUT2D eigenvalue weighted by atomic mass is 9.75. The highest BCUT2D eigenvalue weighted by Crippen LogP contribution is 2.39. The summed E-state index contributed by atoms with van der Waals surface area (Å²) in [6.07, 6.45) is -1.09. The molecule has 8 heteroatoms. The molecule has 1 amide bonds. The van der Waals surface area contributed by atoms with E-state index in [1.807, 2.05) is 0 Å². The third-order valence-corrected chi connectivity index (χ3v) is 6.36. The second-order valence-corrected chi connectivity index (χ2v) is 8.45. The number of hydrogen-bond acceptors (Lipinski definition) is 2. The van der Waals surface area contributed by atoms with E-state index in [9.17, 15) is 18.0 Å². The number of hydrogen-bond donors (Lipinski definition) is 0. The minimum atomic E-state index is -4.55. The van der Waals surface area contributed by atoms with Crippen molar-refractivity contribution in [3.8, 4) is 0 Å². The van der Waals surface area contributed by atoms with Gasteiger partial charge in [-0.05, 0) is 61.4 Å². The molecule has 3 nitrogen and oxygen atoms in total. The van der Waals surface area contributed by atoms with Crippen LogP contribution < -0.4 is 4.90 Å². The van der Waals surface area contributed by atoms with E-state index >= 15 is 0 Å². The molecule has 0 radical (unpaired) electrons. The van der Waals surface area contributed by atoms with Crippen molar-refractivity contribution in [2.24, 2.45) is 17.8 Å². The van der Waals surface area contributed by atoms with Crippen LogP contribution in [0.3, 0.4) is 0 Å². The van der Waals surface area contributed by atoms with Gasteiger partial charge < -0.3 is 0 Å². The van der Waals surface area contributed by atoms with Gasteiger partial charge in [0.05, 0.1) is 27.6 Å². The molecule has 0 saturated heterocycles. The van der Waals surface area contributed by atoms with Gasteiger partial charge in [0, 0.05) is 5.92 Å². The van der Waals surface area contributed by atoms with E-state index in [-0.39, 0.29) is 22.5 Å². The zero-order valence-electron chi connectivity index (χ0n) is 16.0. The molecule has 0 bridgehead atoms. The topological polar surface area (TPSA) is 33.2 Å². The zero-order chi connectivity index (χ0) is 21.3. The predicted octanol–water partition coefficient (Wildman–Crippen LogP) is 7.14. The lowest BCUT2D eigenvalue weighted by molar-refractivity contribution is -0.141. The van der Waals surface area contributed by atoms with Crippen molar-refractivity contribution in [1.29, 1.82) is 0 Å². The van der Waals surface area contributed by atoms with Crippen molar-refractivity contribution in [2.75, 3.05) is 4.90 Å². The number of amides is 1. The fourth-order valence-corrected chi connectivity index (χ4v) is 3.96. The number of alkyl halides is 3. The summed E-state index contributed by atoms with van der Waals surface area (Å²) in [6.45, 7) is 4.29. The Morgan fingerprint density at radius 1 is 1.03 bits per heavy atom. The average Bonchev–Trinajstić information content (AvgIpc) is 2.66. The average molecular weight is 445 g/mol. The number of carbonyl (C=O) groups excluding carboxylic acids is 1. The molecule has 156 valence electrons. The molecular formula is C21H21Cl2F3N2O. The van der Waals surface area contributed by atoms with Gasteiger partial charge in [-0.1, -0.05) is 37.0 Å². The van der Waals surface area contributed by atoms with Gasteiger partial charge in [-0.15, -0.1) is 0 Å². The Bertz CT molecular complexity index is 886. The summed E-state index contributed by atoms with van der Waals surface area (Å²) in [5, 5.41) is 0.584.